The molecule has 1 saturated heterocycles. The molecule has 1 saturated carbocycles. The van der Waals surface area contributed by atoms with E-state index in [0.29, 0.717) is 18.4 Å². The summed E-state index contributed by atoms with van der Waals surface area (Å²) in [5.74, 6) is 2.00. The number of nitrogens with zero attached hydrogens (tertiary/aromatic N) is 5. The van der Waals surface area contributed by atoms with Crippen LogP contribution in [-0.4, -0.2) is 43.7 Å². The van der Waals surface area contributed by atoms with Crippen molar-refractivity contribution in [2.75, 3.05) is 13.2 Å². The highest BCUT2D eigenvalue weighted by Gasteiger charge is 2.37. The molecule has 0 N–H and O–H groups in total. The highest BCUT2D eigenvalue weighted by atomic mass is 16.5. The standard InChI is InChI=1S/C18H21N5O2/c1-12-16(18-20-17(21-25-18)13-5-6-13)23(8-9-24-12)11-14-10-22-7-3-2-4-15(22)19-14/h2-4,7,10,12-13,16H,5-6,8-9,11H2,1H3/t12-,16+/m1/s1. The van der Waals surface area contributed by atoms with E-state index in [1.807, 2.05) is 28.8 Å². The minimum atomic E-state index is -0.0291. The van der Waals surface area contributed by atoms with Gasteiger partial charge in [0.25, 0.3) is 0 Å². The highest BCUT2D eigenvalue weighted by Crippen LogP contribution is 2.39. The number of fused-ring (bicyclic) bond motifs is 1. The molecule has 0 amide bonds. The lowest BCUT2D eigenvalue weighted by atomic mass is 10.1. The van der Waals surface area contributed by atoms with Crippen LogP contribution in [0.15, 0.2) is 35.1 Å². The third kappa shape index (κ3) is 2.83. The average Bonchev–Trinajstić information content (AvgIpc) is 3.20. The van der Waals surface area contributed by atoms with Crippen molar-refractivity contribution < 1.29 is 9.26 Å². The average molecular weight is 339 g/mol. The van der Waals surface area contributed by atoms with Crippen LogP contribution in [-0.2, 0) is 11.3 Å². The Balaban J connectivity index is 1.42. The molecule has 25 heavy (non-hydrogen) atoms. The molecule has 0 unspecified atom stereocenters. The molecule has 130 valence electrons. The highest BCUT2D eigenvalue weighted by molar-refractivity contribution is 5.39. The lowest BCUT2D eigenvalue weighted by Crippen LogP contribution is -2.43. The maximum atomic E-state index is 5.86. The minimum Gasteiger partial charge on any atom is -0.375 e. The second-order valence-electron chi connectivity index (χ2n) is 6.95. The zero-order valence-electron chi connectivity index (χ0n) is 14.2. The fraction of sp³-hybridized carbons (Fsp3) is 0.500. The summed E-state index contributed by atoms with van der Waals surface area (Å²) < 4.78 is 13.5. The summed E-state index contributed by atoms with van der Waals surface area (Å²) in [5, 5.41) is 4.18. The molecule has 1 aliphatic heterocycles. The van der Waals surface area contributed by atoms with E-state index in [1.54, 1.807) is 0 Å². The predicted molar refractivity (Wildman–Crippen MR) is 90.0 cm³/mol. The van der Waals surface area contributed by atoms with Crippen LogP contribution in [0.5, 0.6) is 0 Å². The Hall–Kier alpha value is -2.25. The van der Waals surface area contributed by atoms with Gasteiger partial charge in [0.05, 0.1) is 18.4 Å². The number of rotatable bonds is 4. The zero-order chi connectivity index (χ0) is 16.8. The molecule has 0 radical (unpaired) electrons. The van der Waals surface area contributed by atoms with Crippen LogP contribution >= 0.6 is 0 Å². The first kappa shape index (κ1) is 15.0. The summed E-state index contributed by atoms with van der Waals surface area (Å²) in [6.45, 7) is 4.33. The Labute approximate surface area is 145 Å². The van der Waals surface area contributed by atoms with Gasteiger partial charge in [-0.1, -0.05) is 11.2 Å². The maximum Gasteiger partial charge on any atom is 0.246 e. The van der Waals surface area contributed by atoms with Crippen molar-refractivity contribution >= 4 is 5.65 Å². The molecule has 7 heteroatoms. The van der Waals surface area contributed by atoms with Crippen molar-refractivity contribution in [2.24, 2.45) is 0 Å². The first-order valence-electron chi connectivity index (χ1n) is 8.90. The van der Waals surface area contributed by atoms with Gasteiger partial charge in [-0.2, -0.15) is 4.98 Å². The van der Waals surface area contributed by atoms with E-state index in [2.05, 4.69) is 28.2 Å². The molecule has 0 spiro atoms. The smallest absolute Gasteiger partial charge is 0.246 e. The van der Waals surface area contributed by atoms with E-state index >= 15 is 0 Å². The van der Waals surface area contributed by atoms with Gasteiger partial charge in [-0.05, 0) is 31.9 Å². The quantitative estimate of drug-likeness (QED) is 0.728. The molecule has 3 aromatic rings. The van der Waals surface area contributed by atoms with Gasteiger partial charge < -0.3 is 13.7 Å². The number of aromatic nitrogens is 4. The summed E-state index contributed by atoms with van der Waals surface area (Å²) >= 11 is 0. The molecule has 1 aliphatic carbocycles. The molecule has 5 rings (SSSR count). The molecule has 7 nitrogen and oxygen atoms in total. The van der Waals surface area contributed by atoms with Crippen LogP contribution in [0.1, 0.15) is 49.1 Å². The molecule has 2 aliphatic rings. The Morgan fingerprint density at radius 2 is 2.16 bits per heavy atom. The summed E-state index contributed by atoms with van der Waals surface area (Å²) in [5.41, 5.74) is 2.00. The first-order valence-corrected chi connectivity index (χ1v) is 8.90. The van der Waals surface area contributed by atoms with Gasteiger partial charge in [-0.15, -0.1) is 0 Å². The Morgan fingerprint density at radius 3 is 3.00 bits per heavy atom. The molecule has 3 aromatic heterocycles. The number of ether oxygens (including phenoxy) is 1. The van der Waals surface area contributed by atoms with Crippen LogP contribution in [0.2, 0.25) is 0 Å². The van der Waals surface area contributed by atoms with E-state index in [4.69, 9.17) is 14.2 Å². The second-order valence-corrected chi connectivity index (χ2v) is 6.95. The van der Waals surface area contributed by atoms with Gasteiger partial charge in [0.2, 0.25) is 5.89 Å². The van der Waals surface area contributed by atoms with Gasteiger partial charge in [0, 0.05) is 31.4 Å². The fourth-order valence-electron chi connectivity index (χ4n) is 3.56. The van der Waals surface area contributed by atoms with Gasteiger partial charge in [0.15, 0.2) is 5.82 Å². The van der Waals surface area contributed by atoms with Crippen molar-refractivity contribution in [3.63, 3.8) is 0 Å². The van der Waals surface area contributed by atoms with Crippen molar-refractivity contribution in [2.45, 2.75) is 44.4 Å². The lowest BCUT2D eigenvalue weighted by Gasteiger charge is -2.37. The number of imidazole rings is 1. The van der Waals surface area contributed by atoms with E-state index in [1.165, 1.54) is 12.8 Å². The first-order chi connectivity index (χ1) is 12.3. The Morgan fingerprint density at radius 1 is 1.24 bits per heavy atom. The van der Waals surface area contributed by atoms with E-state index < -0.39 is 0 Å². The van der Waals surface area contributed by atoms with Crippen LogP contribution in [0, 0.1) is 0 Å². The minimum absolute atomic E-state index is 0.0123. The normalized spacial score (nSPS) is 24.8. The summed E-state index contributed by atoms with van der Waals surface area (Å²) in [4.78, 5) is 11.7. The fourth-order valence-corrected chi connectivity index (χ4v) is 3.56. The number of hydrogen-bond acceptors (Lipinski definition) is 6. The Kier molecular flexibility index (Phi) is 3.57. The summed E-state index contributed by atoms with van der Waals surface area (Å²) in [6, 6.07) is 6.00. The van der Waals surface area contributed by atoms with Crippen LogP contribution in [0.4, 0.5) is 0 Å². The largest absolute Gasteiger partial charge is 0.375 e. The van der Waals surface area contributed by atoms with E-state index in [9.17, 15) is 0 Å². The SMILES string of the molecule is C[C@H]1OCCN(Cc2cn3ccccc3n2)[C@@H]1c1nc(C2CC2)no1. The molecule has 0 aromatic carbocycles. The third-order valence-electron chi connectivity index (χ3n) is 5.03. The van der Waals surface area contributed by atoms with Gasteiger partial charge in [0.1, 0.15) is 11.7 Å². The maximum absolute atomic E-state index is 5.86. The number of pyridine rings is 1. The van der Waals surface area contributed by atoms with Crippen molar-refractivity contribution in [1.82, 2.24) is 24.4 Å². The molecule has 2 atom stereocenters. The van der Waals surface area contributed by atoms with Crippen LogP contribution in [0.25, 0.3) is 5.65 Å². The zero-order valence-corrected chi connectivity index (χ0v) is 14.2. The molecular formula is C18H21N5O2. The summed E-state index contributed by atoms with van der Waals surface area (Å²) in [6.07, 6.45) is 6.45. The summed E-state index contributed by atoms with van der Waals surface area (Å²) in [7, 11) is 0. The van der Waals surface area contributed by atoms with Crippen LogP contribution in [0.3, 0.4) is 0 Å². The lowest BCUT2D eigenvalue weighted by molar-refractivity contribution is -0.0766. The molecule has 2 fully saturated rings. The Bertz CT molecular complexity index is 851. The monoisotopic (exact) mass is 339 g/mol. The molecule has 0 bridgehead atoms. The second kappa shape index (κ2) is 5.93. The van der Waals surface area contributed by atoms with Crippen molar-refractivity contribution in [1.29, 1.82) is 0 Å². The van der Waals surface area contributed by atoms with Crippen molar-refractivity contribution in [3.05, 3.63) is 48.0 Å². The third-order valence-corrected chi connectivity index (χ3v) is 5.03. The topological polar surface area (TPSA) is 68.7 Å². The van der Waals surface area contributed by atoms with Crippen molar-refractivity contribution in [3.8, 4) is 0 Å². The van der Waals surface area contributed by atoms with Gasteiger partial charge >= 0.3 is 0 Å². The van der Waals surface area contributed by atoms with Gasteiger partial charge in [-0.3, -0.25) is 4.90 Å². The van der Waals surface area contributed by atoms with E-state index in [-0.39, 0.29) is 12.1 Å². The van der Waals surface area contributed by atoms with Crippen LogP contribution < -0.4 is 0 Å². The molecule has 4 heterocycles. The molecular weight excluding hydrogens is 318 g/mol. The number of hydrogen-bond donors (Lipinski definition) is 0. The van der Waals surface area contributed by atoms with Gasteiger partial charge in [-0.25, -0.2) is 4.98 Å². The predicted octanol–water partition coefficient (Wildman–Crippen LogP) is 2.56. The number of morpholine rings is 1. The van der Waals surface area contributed by atoms with E-state index in [0.717, 1.165) is 30.3 Å².